The minimum atomic E-state index is -0.208. The summed E-state index contributed by atoms with van der Waals surface area (Å²) in [5.74, 6) is 0.258. The fourth-order valence-corrected chi connectivity index (χ4v) is 3.37. The molecular formula is C18H26N2O2S. The van der Waals surface area contributed by atoms with Crippen molar-refractivity contribution in [1.82, 2.24) is 5.32 Å². The first kappa shape index (κ1) is 17.9. The minimum Gasteiger partial charge on any atom is -0.352 e. The highest BCUT2D eigenvalue weighted by molar-refractivity contribution is 8.01. The molecule has 2 amide bonds. The third-order valence-corrected chi connectivity index (χ3v) is 5.26. The number of aryl methyl sites for hydroxylation is 1. The number of benzene rings is 1. The van der Waals surface area contributed by atoms with Gasteiger partial charge < -0.3 is 10.6 Å². The molecule has 0 radical (unpaired) electrons. The fourth-order valence-electron chi connectivity index (χ4n) is 2.68. The molecule has 126 valence electrons. The Kier molecular flexibility index (Phi) is 6.96. The molecule has 0 heterocycles. The van der Waals surface area contributed by atoms with E-state index in [9.17, 15) is 9.59 Å². The van der Waals surface area contributed by atoms with Crippen LogP contribution in [0, 0.1) is 6.92 Å². The average Bonchev–Trinajstić information content (AvgIpc) is 2.55. The van der Waals surface area contributed by atoms with E-state index in [1.165, 1.54) is 31.0 Å². The molecule has 0 spiro atoms. The van der Waals surface area contributed by atoms with Crippen LogP contribution in [0.1, 0.15) is 44.6 Å². The quantitative estimate of drug-likeness (QED) is 0.837. The van der Waals surface area contributed by atoms with Crippen molar-refractivity contribution < 1.29 is 9.59 Å². The molecule has 2 N–H and O–H groups in total. The highest BCUT2D eigenvalue weighted by Gasteiger charge is 2.20. The first-order chi connectivity index (χ1) is 11.0. The molecule has 1 aromatic rings. The molecule has 1 aromatic carbocycles. The smallest absolute Gasteiger partial charge is 0.234 e. The van der Waals surface area contributed by atoms with Crippen LogP contribution < -0.4 is 10.6 Å². The first-order valence-electron chi connectivity index (χ1n) is 8.33. The largest absolute Gasteiger partial charge is 0.352 e. The van der Waals surface area contributed by atoms with Crippen LogP contribution in [0.3, 0.4) is 0 Å². The van der Waals surface area contributed by atoms with Crippen LogP contribution in [0.4, 0.5) is 5.69 Å². The summed E-state index contributed by atoms with van der Waals surface area (Å²) < 4.78 is 0. The van der Waals surface area contributed by atoms with Crippen molar-refractivity contribution >= 4 is 29.3 Å². The number of amides is 2. The van der Waals surface area contributed by atoms with Crippen molar-refractivity contribution in [3.05, 3.63) is 29.8 Å². The number of carbonyl (C=O) groups is 2. The van der Waals surface area contributed by atoms with Gasteiger partial charge in [-0.15, -0.1) is 11.8 Å². The molecule has 5 heteroatoms. The van der Waals surface area contributed by atoms with Crippen molar-refractivity contribution in [3.63, 3.8) is 0 Å². The van der Waals surface area contributed by atoms with Gasteiger partial charge in [0.05, 0.1) is 11.0 Å². The molecule has 2 rings (SSSR count). The summed E-state index contributed by atoms with van der Waals surface area (Å²) in [7, 11) is 0. The zero-order valence-electron chi connectivity index (χ0n) is 13.9. The Morgan fingerprint density at radius 2 is 1.83 bits per heavy atom. The lowest BCUT2D eigenvalue weighted by atomic mass is 9.95. The molecule has 0 aliphatic heterocycles. The number of thioether (sulfide) groups is 1. The first-order valence-corrected chi connectivity index (χ1v) is 9.38. The van der Waals surface area contributed by atoms with Gasteiger partial charge in [-0.05, 0) is 38.8 Å². The molecule has 1 saturated carbocycles. The van der Waals surface area contributed by atoms with Crippen molar-refractivity contribution in [2.24, 2.45) is 0 Å². The Bertz CT molecular complexity index is 524. The number of hydrogen-bond acceptors (Lipinski definition) is 3. The van der Waals surface area contributed by atoms with Gasteiger partial charge in [-0.25, -0.2) is 0 Å². The highest BCUT2D eigenvalue weighted by atomic mass is 32.2. The van der Waals surface area contributed by atoms with E-state index in [4.69, 9.17) is 0 Å². The third kappa shape index (κ3) is 6.26. The van der Waals surface area contributed by atoms with Crippen LogP contribution in [-0.4, -0.2) is 28.9 Å². The minimum absolute atomic E-state index is 0.0463. The molecule has 1 aliphatic carbocycles. The monoisotopic (exact) mass is 334 g/mol. The summed E-state index contributed by atoms with van der Waals surface area (Å²) in [5, 5.41) is 5.75. The highest BCUT2D eigenvalue weighted by Crippen LogP contribution is 2.19. The van der Waals surface area contributed by atoms with E-state index in [1.807, 2.05) is 38.1 Å². The maximum atomic E-state index is 12.2. The van der Waals surface area contributed by atoms with Crippen LogP contribution >= 0.6 is 11.8 Å². The van der Waals surface area contributed by atoms with Gasteiger partial charge in [0, 0.05) is 11.7 Å². The zero-order chi connectivity index (χ0) is 16.7. The molecule has 0 saturated heterocycles. The fraction of sp³-hybridized carbons (Fsp3) is 0.556. The van der Waals surface area contributed by atoms with E-state index >= 15 is 0 Å². The molecule has 1 unspecified atom stereocenters. The summed E-state index contributed by atoms with van der Waals surface area (Å²) in [6.45, 7) is 3.87. The average molecular weight is 334 g/mol. The normalized spacial score (nSPS) is 16.6. The number of nitrogens with one attached hydrogen (secondary N) is 2. The molecule has 1 atom stereocenters. The molecule has 0 bridgehead atoms. The van der Waals surface area contributed by atoms with Gasteiger partial charge in [-0.2, -0.15) is 0 Å². The molecular weight excluding hydrogens is 308 g/mol. The molecule has 23 heavy (non-hydrogen) atoms. The Balaban J connectivity index is 1.70. The lowest BCUT2D eigenvalue weighted by Crippen LogP contribution is -2.40. The molecule has 1 fully saturated rings. The molecule has 1 aliphatic rings. The Morgan fingerprint density at radius 3 is 2.48 bits per heavy atom. The summed E-state index contributed by atoms with van der Waals surface area (Å²) in [6.07, 6.45) is 5.83. The van der Waals surface area contributed by atoms with E-state index in [2.05, 4.69) is 10.6 Å². The second kappa shape index (κ2) is 8.96. The topological polar surface area (TPSA) is 58.2 Å². The van der Waals surface area contributed by atoms with Gasteiger partial charge in [0.1, 0.15) is 0 Å². The van der Waals surface area contributed by atoms with Gasteiger partial charge in [0.15, 0.2) is 0 Å². The number of hydrogen-bond donors (Lipinski definition) is 2. The van der Waals surface area contributed by atoms with Gasteiger partial charge in [0.25, 0.3) is 0 Å². The van der Waals surface area contributed by atoms with Crippen LogP contribution in [0.5, 0.6) is 0 Å². The Morgan fingerprint density at radius 1 is 1.17 bits per heavy atom. The van der Waals surface area contributed by atoms with Crippen molar-refractivity contribution in [2.75, 3.05) is 11.1 Å². The lowest BCUT2D eigenvalue weighted by Gasteiger charge is -2.24. The second-order valence-corrected chi connectivity index (χ2v) is 7.54. The van der Waals surface area contributed by atoms with Crippen LogP contribution in [-0.2, 0) is 9.59 Å². The zero-order valence-corrected chi connectivity index (χ0v) is 14.7. The summed E-state index contributed by atoms with van der Waals surface area (Å²) >= 11 is 1.38. The van der Waals surface area contributed by atoms with Gasteiger partial charge >= 0.3 is 0 Å². The van der Waals surface area contributed by atoms with E-state index in [0.29, 0.717) is 6.04 Å². The van der Waals surface area contributed by atoms with E-state index < -0.39 is 0 Å². The summed E-state index contributed by atoms with van der Waals surface area (Å²) in [4.78, 5) is 24.1. The second-order valence-electron chi connectivity index (χ2n) is 6.21. The maximum Gasteiger partial charge on any atom is 0.234 e. The lowest BCUT2D eigenvalue weighted by molar-refractivity contribution is -0.121. The third-order valence-electron chi connectivity index (χ3n) is 4.12. The summed E-state index contributed by atoms with van der Waals surface area (Å²) in [6, 6.07) is 8.01. The van der Waals surface area contributed by atoms with Crippen LogP contribution in [0.25, 0.3) is 0 Å². The van der Waals surface area contributed by atoms with Gasteiger partial charge in [-0.1, -0.05) is 37.0 Å². The standard InChI is InChI=1S/C18H26N2O2S/c1-13-8-10-16(11-9-13)19-17(21)12-23-14(2)18(22)20-15-6-4-3-5-7-15/h8-11,14-15H,3-7,12H2,1-2H3,(H,19,21)(H,20,22). The van der Waals surface area contributed by atoms with Crippen molar-refractivity contribution in [2.45, 2.75) is 57.2 Å². The molecule has 4 nitrogen and oxygen atoms in total. The summed E-state index contributed by atoms with van der Waals surface area (Å²) in [5.41, 5.74) is 1.95. The Hall–Kier alpha value is -1.49. The van der Waals surface area contributed by atoms with Crippen molar-refractivity contribution in [1.29, 1.82) is 0 Å². The number of anilines is 1. The van der Waals surface area contributed by atoms with Crippen LogP contribution in [0.2, 0.25) is 0 Å². The number of carbonyl (C=O) groups excluding carboxylic acids is 2. The maximum absolute atomic E-state index is 12.2. The Labute approximate surface area is 142 Å². The van der Waals surface area contributed by atoms with Crippen LogP contribution in [0.15, 0.2) is 24.3 Å². The predicted octanol–water partition coefficient (Wildman–Crippen LogP) is 3.50. The van der Waals surface area contributed by atoms with Gasteiger partial charge in [-0.3, -0.25) is 9.59 Å². The van der Waals surface area contributed by atoms with Gasteiger partial charge in [0.2, 0.25) is 11.8 Å². The SMILES string of the molecule is Cc1ccc(NC(=O)CSC(C)C(=O)NC2CCCCC2)cc1. The molecule has 0 aromatic heterocycles. The van der Waals surface area contributed by atoms with Crippen molar-refractivity contribution in [3.8, 4) is 0 Å². The number of rotatable bonds is 6. The van der Waals surface area contributed by atoms with E-state index in [-0.39, 0.29) is 22.8 Å². The van der Waals surface area contributed by atoms with E-state index in [0.717, 1.165) is 24.1 Å². The predicted molar refractivity (Wildman–Crippen MR) is 96.7 cm³/mol. The van der Waals surface area contributed by atoms with E-state index in [1.54, 1.807) is 0 Å².